The van der Waals surface area contributed by atoms with Gasteiger partial charge in [0.05, 0.1) is 0 Å². The molecule has 1 heterocycles. The van der Waals surface area contributed by atoms with Gasteiger partial charge < -0.3 is 10.1 Å². The first kappa shape index (κ1) is 21.1. The third-order valence-corrected chi connectivity index (χ3v) is 4.93. The van der Waals surface area contributed by atoms with Gasteiger partial charge in [0.2, 0.25) is 0 Å². The molecule has 2 nitrogen and oxygen atoms in total. The summed E-state index contributed by atoms with van der Waals surface area (Å²) in [5.74, 6) is 1.71. The molecule has 2 heteroatoms. The highest BCUT2D eigenvalue weighted by molar-refractivity contribution is 5.06. The molecular weight excluding hydrogens is 294 g/mol. The van der Waals surface area contributed by atoms with E-state index in [1.54, 1.807) is 0 Å². The molecule has 0 fully saturated rings. The van der Waals surface area contributed by atoms with E-state index in [0.717, 1.165) is 12.2 Å². The zero-order chi connectivity index (χ0) is 17.3. The lowest BCUT2D eigenvalue weighted by Gasteiger charge is -2.04. The van der Waals surface area contributed by atoms with Gasteiger partial charge in [-0.05, 0) is 13.0 Å². The predicted molar refractivity (Wildman–Crippen MR) is 106 cm³/mol. The lowest BCUT2D eigenvalue weighted by atomic mass is 10.0. The summed E-state index contributed by atoms with van der Waals surface area (Å²) in [7, 11) is 0. The third kappa shape index (κ3) is 12.5. The Balaban J connectivity index is 1.68. The minimum Gasteiger partial charge on any atom is -0.445 e. The summed E-state index contributed by atoms with van der Waals surface area (Å²) >= 11 is 0. The van der Waals surface area contributed by atoms with E-state index in [1.807, 2.05) is 6.20 Å². The van der Waals surface area contributed by atoms with Crippen LogP contribution in [0.15, 0.2) is 24.4 Å². The molecule has 0 amide bonds. The van der Waals surface area contributed by atoms with Gasteiger partial charge >= 0.3 is 0 Å². The molecule has 0 aromatic rings. The average Bonchev–Trinajstić information content (AvgIpc) is 3.00. The number of unbranched alkanes of at least 4 members (excludes halogenated alkanes) is 15. The largest absolute Gasteiger partial charge is 0.445 e. The maximum absolute atomic E-state index is 5.44. The van der Waals surface area contributed by atoms with Crippen LogP contribution in [0, 0.1) is 0 Å². The van der Waals surface area contributed by atoms with E-state index < -0.39 is 0 Å². The van der Waals surface area contributed by atoms with Gasteiger partial charge in [0.1, 0.15) is 5.76 Å². The van der Waals surface area contributed by atoms with Crippen LogP contribution in [-0.2, 0) is 4.74 Å². The summed E-state index contributed by atoms with van der Waals surface area (Å²) in [5.41, 5.74) is 0. The van der Waals surface area contributed by atoms with Crippen molar-refractivity contribution in [3.8, 4) is 0 Å². The fourth-order valence-electron chi connectivity index (χ4n) is 3.35. The lowest BCUT2D eigenvalue weighted by Crippen LogP contribution is -1.95. The summed E-state index contributed by atoms with van der Waals surface area (Å²) in [6.45, 7) is 6.03. The lowest BCUT2D eigenvalue weighted by molar-refractivity contribution is 0.300. The standard InChI is InChI=1S/C22H41NO/c1-3-4-5-6-7-8-9-10-11-12-13-14-15-16-17-18-19-22-20-23-21(2)24-22/h20,23H,2-19H2,1H3. The number of hydrogen-bond acceptors (Lipinski definition) is 2. The molecule has 0 bridgehead atoms. The predicted octanol–water partition coefficient (Wildman–Crippen LogP) is 7.57. The van der Waals surface area contributed by atoms with Gasteiger partial charge in [-0.15, -0.1) is 0 Å². The first-order valence-corrected chi connectivity index (χ1v) is 10.6. The molecule has 1 rings (SSSR count). The Morgan fingerprint density at radius 3 is 1.50 bits per heavy atom. The van der Waals surface area contributed by atoms with Crippen molar-refractivity contribution in [3.05, 3.63) is 24.4 Å². The number of nitrogens with one attached hydrogen (secondary N) is 1. The fourth-order valence-corrected chi connectivity index (χ4v) is 3.35. The zero-order valence-corrected chi connectivity index (χ0v) is 16.2. The van der Waals surface area contributed by atoms with Crippen LogP contribution >= 0.6 is 0 Å². The Morgan fingerprint density at radius 2 is 1.12 bits per heavy atom. The van der Waals surface area contributed by atoms with E-state index in [4.69, 9.17) is 4.74 Å². The molecule has 0 aromatic heterocycles. The Labute approximate surface area is 151 Å². The van der Waals surface area contributed by atoms with Crippen molar-refractivity contribution in [1.82, 2.24) is 5.32 Å². The summed E-state index contributed by atoms with van der Waals surface area (Å²) in [6, 6.07) is 0. The molecule has 0 aromatic carbocycles. The van der Waals surface area contributed by atoms with Crippen LogP contribution in [0.3, 0.4) is 0 Å². The molecule has 1 aliphatic rings. The van der Waals surface area contributed by atoms with Crippen LogP contribution in [0.5, 0.6) is 0 Å². The molecule has 0 saturated carbocycles. The fraction of sp³-hybridized carbons (Fsp3) is 0.818. The van der Waals surface area contributed by atoms with Crippen molar-refractivity contribution in [1.29, 1.82) is 0 Å². The monoisotopic (exact) mass is 335 g/mol. The number of ether oxygens (including phenoxy) is 1. The van der Waals surface area contributed by atoms with Gasteiger partial charge in [-0.3, -0.25) is 0 Å². The van der Waals surface area contributed by atoms with Crippen molar-refractivity contribution in [2.75, 3.05) is 0 Å². The minimum absolute atomic E-state index is 0.668. The van der Waals surface area contributed by atoms with Gasteiger partial charge in [0, 0.05) is 12.6 Å². The van der Waals surface area contributed by atoms with Gasteiger partial charge in [0.15, 0.2) is 5.88 Å². The highest BCUT2D eigenvalue weighted by Crippen LogP contribution is 2.18. The van der Waals surface area contributed by atoms with Crippen molar-refractivity contribution in [3.63, 3.8) is 0 Å². The molecular formula is C22H41NO. The normalized spacial score (nSPS) is 13.7. The van der Waals surface area contributed by atoms with Crippen LogP contribution in [-0.4, -0.2) is 0 Å². The molecule has 1 aliphatic heterocycles. The van der Waals surface area contributed by atoms with Gasteiger partial charge in [-0.1, -0.05) is 103 Å². The molecule has 0 unspecified atom stereocenters. The van der Waals surface area contributed by atoms with E-state index in [0.29, 0.717) is 5.88 Å². The van der Waals surface area contributed by atoms with Gasteiger partial charge in [-0.25, -0.2) is 0 Å². The van der Waals surface area contributed by atoms with E-state index in [2.05, 4.69) is 18.8 Å². The number of rotatable bonds is 17. The molecule has 0 aliphatic carbocycles. The second-order valence-corrected chi connectivity index (χ2v) is 7.33. The maximum atomic E-state index is 5.44. The van der Waals surface area contributed by atoms with Crippen molar-refractivity contribution in [2.45, 2.75) is 116 Å². The number of allylic oxidation sites excluding steroid dienone is 1. The van der Waals surface area contributed by atoms with Crippen LogP contribution in [0.4, 0.5) is 0 Å². The molecule has 0 saturated heterocycles. The molecule has 0 spiro atoms. The SMILES string of the molecule is C=C1NC=C(CCCCCCCCCCCCCCCCCC)O1. The van der Waals surface area contributed by atoms with Crippen LogP contribution in [0.25, 0.3) is 0 Å². The first-order valence-electron chi connectivity index (χ1n) is 10.6. The molecule has 24 heavy (non-hydrogen) atoms. The highest BCUT2D eigenvalue weighted by atomic mass is 16.5. The average molecular weight is 336 g/mol. The second-order valence-electron chi connectivity index (χ2n) is 7.33. The zero-order valence-electron chi connectivity index (χ0n) is 16.2. The quantitative estimate of drug-likeness (QED) is 0.277. The van der Waals surface area contributed by atoms with Gasteiger partial charge in [-0.2, -0.15) is 0 Å². The van der Waals surface area contributed by atoms with E-state index in [1.165, 1.54) is 103 Å². The van der Waals surface area contributed by atoms with Gasteiger partial charge in [0.25, 0.3) is 0 Å². The topological polar surface area (TPSA) is 21.3 Å². The van der Waals surface area contributed by atoms with E-state index >= 15 is 0 Å². The highest BCUT2D eigenvalue weighted by Gasteiger charge is 2.07. The summed E-state index contributed by atoms with van der Waals surface area (Å²) in [6.07, 6.45) is 25.6. The van der Waals surface area contributed by atoms with Crippen molar-refractivity contribution in [2.24, 2.45) is 0 Å². The van der Waals surface area contributed by atoms with Crippen LogP contribution < -0.4 is 5.32 Å². The maximum Gasteiger partial charge on any atom is 0.189 e. The minimum atomic E-state index is 0.668. The Morgan fingerprint density at radius 1 is 0.708 bits per heavy atom. The van der Waals surface area contributed by atoms with Crippen molar-refractivity contribution < 1.29 is 4.74 Å². The first-order chi connectivity index (χ1) is 11.8. The number of hydrogen-bond donors (Lipinski definition) is 1. The molecule has 1 N–H and O–H groups in total. The summed E-state index contributed by atoms with van der Waals surface area (Å²) in [5, 5.41) is 3.00. The summed E-state index contributed by atoms with van der Waals surface area (Å²) < 4.78 is 5.44. The van der Waals surface area contributed by atoms with Crippen molar-refractivity contribution >= 4 is 0 Å². The molecule has 140 valence electrons. The van der Waals surface area contributed by atoms with E-state index in [-0.39, 0.29) is 0 Å². The Bertz CT molecular complexity index is 335. The Hall–Kier alpha value is -0.920. The molecule has 0 radical (unpaired) electrons. The van der Waals surface area contributed by atoms with Crippen LogP contribution in [0.1, 0.15) is 116 Å². The van der Waals surface area contributed by atoms with Crippen LogP contribution in [0.2, 0.25) is 0 Å². The second kappa shape index (κ2) is 15.6. The summed E-state index contributed by atoms with van der Waals surface area (Å²) in [4.78, 5) is 0. The van der Waals surface area contributed by atoms with E-state index in [9.17, 15) is 0 Å². The Kier molecular flexibility index (Phi) is 13.7. The smallest absolute Gasteiger partial charge is 0.189 e. The third-order valence-electron chi connectivity index (χ3n) is 4.93. The molecule has 0 atom stereocenters.